The number of halogens is 1. The zero-order valence-corrected chi connectivity index (χ0v) is 13.6. The summed E-state index contributed by atoms with van der Waals surface area (Å²) in [5, 5.41) is 5.22. The largest absolute Gasteiger partial charge is 0.284 e. The highest BCUT2D eigenvalue weighted by Gasteiger charge is 2.19. The van der Waals surface area contributed by atoms with Crippen molar-refractivity contribution in [3.63, 3.8) is 0 Å². The summed E-state index contributed by atoms with van der Waals surface area (Å²) in [7, 11) is 0. The van der Waals surface area contributed by atoms with Gasteiger partial charge in [0.25, 0.3) is 5.56 Å². The van der Waals surface area contributed by atoms with Crippen LogP contribution < -0.4 is 5.56 Å². The maximum absolute atomic E-state index is 13.2. The summed E-state index contributed by atoms with van der Waals surface area (Å²) in [4.78, 5) is 17.7. The number of para-hydroxylation sites is 1. The van der Waals surface area contributed by atoms with E-state index < -0.39 is 0 Å². The standard InChI is InChI=1S/C18H13ClN4O/c1-12-8-9-14-15(19)16(22-11-5-10-20-22)18(24)23(17(14)21-12)13-6-3-2-4-7-13/h2-11H,1H3. The molecule has 118 valence electrons. The normalized spacial score (nSPS) is 11.1. The summed E-state index contributed by atoms with van der Waals surface area (Å²) in [6.07, 6.45) is 3.31. The smallest absolute Gasteiger partial charge is 0.266 e. The molecule has 0 atom stereocenters. The SMILES string of the molecule is Cc1ccc2c(Cl)c(-n3cccn3)c(=O)n(-c3ccccc3)c2n1. The number of rotatable bonds is 2. The van der Waals surface area contributed by atoms with Crippen LogP contribution in [0.3, 0.4) is 0 Å². The Bertz CT molecular complexity index is 1090. The monoisotopic (exact) mass is 336 g/mol. The van der Waals surface area contributed by atoms with E-state index >= 15 is 0 Å². The molecule has 0 fully saturated rings. The quantitative estimate of drug-likeness (QED) is 0.562. The highest BCUT2D eigenvalue weighted by atomic mass is 35.5. The Hall–Kier alpha value is -2.92. The molecule has 3 aromatic heterocycles. The predicted molar refractivity (Wildman–Crippen MR) is 94.2 cm³/mol. The van der Waals surface area contributed by atoms with E-state index in [1.54, 1.807) is 23.0 Å². The Labute approximate surface area is 142 Å². The minimum Gasteiger partial charge on any atom is -0.266 e. The van der Waals surface area contributed by atoms with Crippen molar-refractivity contribution in [3.8, 4) is 11.4 Å². The van der Waals surface area contributed by atoms with Crippen LogP contribution in [0.5, 0.6) is 0 Å². The topological polar surface area (TPSA) is 52.7 Å². The summed E-state index contributed by atoms with van der Waals surface area (Å²) in [6, 6.07) is 14.9. The molecule has 0 amide bonds. The molecule has 0 saturated heterocycles. The molecule has 6 heteroatoms. The first kappa shape index (κ1) is 14.7. The van der Waals surface area contributed by atoms with Crippen LogP contribution in [0, 0.1) is 6.92 Å². The number of fused-ring (bicyclic) bond motifs is 1. The molecule has 0 aliphatic rings. The van der Waals surface area contributed by atoms with Crippen LogP contribution in [0.4, 0.5) is 0 Å². The molecule has 0 N–H and O–H groups in total. The Morgan fingerprint density at radius 2 is 1.83 bits per heavy atom. The molecule has 0 aliphatic carbocycles. The van der Waals surface area contributed by atoms with Gasteiger partial charge in [0.2, 0.25) is 0 Å². The van der Waals surface area contributed by atoms with Crippen molar-refractivity contribution in [2.24, 2.45) is 0 Å². The number of nitrogens with zero attached hydrogens (tertiary/aromatic N) is 4. The van der Waals surface area contributed by atoms with Gasteiger partial charge >= 0.3 is 0 Å². The summed E-state index contributed by atoms with van der Waals surface area (Å²) in [5.41, 5.74) is 2.13. The van der Waals surface area contributed by atoms with E-state index in [0.29, 0.717) is 21.7 Å². The molecular formula is C18H13ClN4O. The third-order valence-corrected chi connectivity index (χ3v) is 4.21. The number of aryl methyl sites for hydroxylation is 1. The molecule has 4 rings (SSSR count). The maximum atomic E-state index is 13.2. The van der Waals surface area contributed by atoms with Crippen molar-refractivity contribution in [3.05, 3.63) is 82.0 Å². The molecule has 24 heavy (non-hydrogen) atoms. The Kier molecular flexibility index (Phi) is 3.43. The fraction of sp³-hybridized carbons (Fsp3) is 0.0556. The molecule has 1 aromatic carbocycles. The molecule has 0 unspecified atom stereocenters. The Morgan fingerprint density at radius 1 is 1.04 bits per heavy atom. The minimum atomic E-state index is -0.263. The highest BCUT2D eigenvalue weighted by Crippen LogP contribution is 2.27. The number of hydrogen-bond acceptors (Lipinski definition) is 3. The average molecular weight is 337 g/mol. The van der Waals surface area contributed by atoms with Gasteiger partial charge in [-0.25, -0.2) is 9.67 Å². The molecule has 0 bridgehead atoms. The first-order valence-corrected chi connectivity index (χ1v) is 7.82. The lowest BCUT2D eigenvalue weighted by Crippen LogP contribution is -2.25. The minimum absolute atomic E-state index is 0.263. The van der Waals surface area contributed by atoms with Gasteiger partial charge in [0.1, 0.15) is 11.3 Å². The van der Waals surface area contributed by atoms with E-state index in [9.17, 15) is 4.79 Å². The predicted octanol–water partition coefficient (Wildman–Crippen LogP) is 3.53. The molecule has 0 aliphatic heterocycles. The second-order valence-electron chi connectivity index (χ2n) is 5.41. The van der Waals surface area contributed by atoms with E-state index in [0.717, 1.165) is 11.4 Å². The van der Waals surface area contributed by atoms with Crippen molar-refractivity contribution in [2.75, 3.05) is 0 Å². The summed E-state index contributed by atoms with van der Waals surface area (Å²) in [5.74, 6) is 0. The fourth-order valence-electron chi connectivity index (χ4n) is 2.72. The lowest BCUT2D eigenvalue weighted by atomic mass is 10.2. The lowest BCUT2D eigenvalue weighted by molar-refractivity contribution is 0.848. The molecule has 4 aromatic rings. The van der Waals surface area contributed by atoms with Crippen LogP contribution in [0.25, 0.3) is 22.4 Å². The van der Waals surface area contributed by atoms with Gasteiger partial charge in [-0.1, -0.05) is 29.8 Å². The van der Waals surface area contributed by atoms with E-state index in [1.165, 1.54) is 4.68 Å². The number of hydrogen-bond donors (Lipinski definition) is 0. The number of pyridine rings is 2. The van der Waals surface area contributed by atoms with Gasteiger partial charge in [0.15, 0.2) is 0 Å². The van der Waals surface area contributed by atoms with E-state index in [4.69, 9.17) is 11.6 Å². The van der Waals surface area contributed by atoms with Gasteiger partial charge in [0.05, 0.1) is 10.7 Å². The summed E-state index contributed by atoms with van der Waals surface area (Å²) in [6.45, 7) is 1.88. The molecule has 0 saturated carbocycles. The van der Waals surface area contributed by atoms with E-state index in [1.807, 2.05) is 49.4 Å². The van der Waals surface area contributed by atoms with Crippen molar-refractivity contribution in [2.45, 2.75) is 6.92 Å². The Morgan fingerprint density at radius 3 is 2.54 bits per heavy atom. The molecular weight excluding hydrogens is 324 g/mol. The van der Waals surface area contributed by atoms with Gasteiger partial charge in [0, 0.05) is 23.5 Å². The fourth-order valence-corrected chi connectivity index (χ4v) is 3.04. The summed E-state index contributed by atoms with van der Waals surface area (Å²) < 4.78 is 3.06. The average Bonchev–Trinajstić information content (AvgIpc) is 3.10. The van der Waals surface area contributed by atoms with Crippen molar-refractivity contribution in [1.29, 1.82) is 0 Å². The van der Waals surface area contributed by atoms with Gasteiger partial charge in [-0.05, 0) is 37.3 Å². The van der Waals surface area contributed by atoms with E-state index in [2.05, 4.69) is 10.1 Å². The number of benzene rings is 1. The van der Waals surface area contributed by atoms with Gasteiger partial charge in [-0.15, -0.1) is 0 Å². The third-order valence-electron chi connectivity index (χ3n) is 3.82. The van der Waals surface area contributed by atoms with Gasteiger partial charge in [-0.2, -0.15) is 5.10 Å². The van der Waals surface area contributed by atoms with Gasteiger partial charge in [-0.3, -0.25) is 9.36 Å². The van der Waals surface area contributed by atoms with Crippen LogP contribution in [0.2, 0.25) is 5.02 Å². The zero-order valence-electron chi connectivity index (χ0n) is 12.8. The second kappa shape index (κ2) is 5.62. The molecule has 0 radical (unpaired) electrons. The van der Waals surface area contributed by atoms with Crippen molar-refractivity contribution >= 4 is 22.6 Å². The van der Waals surface area contributed by atoms with Crippen LogP contribution in [0.1, 0.15) is 5.69 Å². The maximum Gasteiger partial charge on any atom is 0.284 e. The first-order valence-electron chi connectivity index (χ1n) is 7.44. The van der Waals surface area contributed by atoms with Crippen molar-refractivity contribution < 1.29 is 0 Å². The highest BCUT2D eigenvalue weighted by molar-refractivity contribution is 6.37. The zero-order chi connectivity index (χ0) is 16.7. The summed E-state index contributed by atoms with van der Waals surface area (Å²) >= 11 is 6.54. The van der Waals surface area contributed by atoms with Crippen LogP contribution in [-0.2, 0) is 0 Å². The van der Waals surface area contributed by atoms with Crippen molar-refractivity contribution in [1.82, 2.24) is 19.3 Å². The van der Waals surface area contributed by atoms with Gasteiger partial charge < -0.3 is 0 Å². The number of aromatic nitrogens is 4. The third kappa shape index (κ3) is 2.21. The Balaban J connectivity index is 2.21. The van der Waals surface area contributed by atoms with E-state index in [-0.39, 0.29) is 5.56 Å². The lowest BCUT2D eigenvalue weighted by Gasteiger charge is -2.14. The van der Waals surface area contributed by atoms with Crippen LogP contribution >= 0.6 is 11.6 Å². The molecule has 3 heterocycles. The second-order valence-corrected chi connectivity index (χ2v) is 5.79. The molecule has 0 spiro atoms. The van der Waals surface area contributed by atoms with Crippen LogP contribution in [0.15, 0.2) is 65.7 Å². The molecule has 5 nitrogen and oxygen atoms in total. The van der Waals surface area contributed by atoms with Crippen LogP contribution in [-0.4, -0.2) is 19.3 Å². The first-order chi connectivity index (χ1) is 11.7.